The van der Waals surface area contributed by atoms with Gasteiger partial charge in [0.2, 0.25) is 11.7 Å². The Kier molecular flexibility index (Phi) is 6.37. The van der Waals surface area contributed by atoms with Gasteiger partial charge in [-0.15, -0.1) is 0 Å². The van der Waals surface area contributed by atoms with Crippen LogP contribution < -0.4 is 21.1 Å². The van der Waals surface area contributed by atoms with E-state index >= 15 is 0 Å². The van der Waals surface area contributed by atoms with Crippen molar-refractivity contribution in [1.29, 1.82) is 0 Å². The van der Waals surface area contributed by atoms with Crippen molar-refractivity contribution in [2.24, 2.45) is 5.73 Å². The first-order chi connectivity index (χ1) is 9.19. The second kappa shape index (κ2) is 8.09. The summed E-state index contributed by atoms with van der Waals surface area (Å²) in [5.41, 5.74) is 4.95. The van der Waals surface area contributed by atoms with Crippen LogP contribution in [0.1, 0.15) is 6.92 Å². The third-order valence-corrected chi connectivity index (χ3v) is 2.14. The number of nitrogens with zero attached hydrogens (tertiary/aromatic N) is 2. The molecular weight excluding hydrogens is 250 g/mol. The molecule has 0 unspecified atom stereocenters. The normalized spacial score (nSPS) is 10.0. The average Bonchev–Trinajstić information content (AvgIpc) is 2.38. The Balaban J connectivity index is 2.52. The fraction of sp³-hybridized carbons (Fsp3) is 0.545. The van der Waals surface area contributed by atoms with E-state index in [4.69, 9.17) is 15.2 Å². The van der Waals surface area contributed by atoms with Crippen LogP contribution in [0.3, 0.4) is 0 Å². The molecule has 4 N–H and O–H groups in total. The van der Waals surface area contributed by atoms with Crippen molar-refractivity contribution in [2.75, 3.05) is 44.0 Å². The van der Waals surface area contributed by atoms with Crippen molar-refractivity contribution in [3.8, 4) is 5.75 Å². The number of primary amides is 1. The predicted molar refractivity (Wildman–Crippen MR) is 71.3 cm³/mol. The fourth-order valence-electron chi connectivity index (χ4n) is 1.40. The van der Waals surface area contributed by atoms with Gasteiger partial charge in [0.05, 0.1) is 13.7 Å². The molecule has 1 aromatic rings. The zero-order valence-corrected chi connectivity index (χ0v) is 11.1. The van der Waals surface area contributed by atoms with E-state index in [1.54, 1.807) is 7.11 Å². The van der Waals surface area contributed by atoms with E-state index in [0.717, 1.165) is 6.54 Å². The molecule has 0 aromatic carbocycles. The number of rotatable bonds is 9. The fourth-order valence-corrected chi connectivity index (χ4v) is 1.40. The topological polar surface area (TPSA) is 111 Å². The van der Waals surface area contributed by atoms with Gasteiger partial charge in [-0.05, 0) is 6.92 Å². The lowest BCUT2D eigenvalue weighted by Crippen LogP contribution is -2.21. The highest BCUT2D eigenvalue weighted by Gasteiger charge is 2.10. The zero-order chi connectivity index (χ0) is 14.1. The molecule has 106 valence electrons. The molecule has 0 aliphatic carbocycles. The van der Waals surface area contributed by atoms with Crippen LogP contribution in [0.25, 0.3) is 0 Å². The molecule has 0 saturated heterocycles. The van der Waals surface area contributed by atoms with E-state index in [0.29, 0.717) is 30.5 Å². The third-order valence-electron chi connectivity index (χ3n) is 2.14. The van der Waals surface area contributed by atoms with Crippen LogP contribution in [-0.2, 0) is 9.53 Å². The summed E-state index contributed by atoms with van der Waals surface area (Å²) in [4.78, 5) is 18.7. The minimum absolute atomic E-state index is 0.0920. The van der Waals surface area contributed by atoms with Crippen LogP contribution >= 0.6 is 0 Å². The van der Waals surface area contributed by atoms with Crippen LogP contribution in [0.4, 0.5) is 11.6 Å². The molecule has 0 bridgehead atoms. The molecule has 1 heterocycles. The molecule has 0 fully saturated rings. The number of carbonyl (C=O) groups is 1. The minimum atomic E-state index is -0.492. The van der Waals surface area contributed by atoms with E-state index in [9.17, 15) is 4.79 Å². The van der Waals surface area contributed by atoms with E-state index in [1.165, 1.54) is 6.33 Å². The van der Waals surface area contributed by atoms with Gasteiger partial charge in [-0.25, -0.2) is 9.97 Å². The molecule has 8 heteroatoms. The molecule has 0 aliphatic rings. The van der Waals surface area contributed by atoms with Gasteiger partial charge in [0, 0.05) is 13.1 Å². The highest BCUT2D eigenvalue weighted by atomic mass is 16.5. The molecule has 0 aliphatic heterocycles. The van der Waals surface area contributed by atoms with E-state index in [2.05, 4.69) is 20.6 Å². The van der Waals surface area contributed by atoms with Gasteiger partial charge in [-0.3, -0.25) is 4.79 Å². The smallest absolute Gasteiger partial charge is 0.243 e. The summed E-state index contributed by atoms with van der Waals surface area (Å²) >= 11 is 0. The molecule has 0 radical (unpaired) electrons. The molecule has 19 heavy (non-hydrogen) atoms. The Morgan fingerprint density at radius 1 is 1.37 bits per heavy atom. The van der Waals surface area contributed by atoms with Crippen molar-refractivity contribution in [3.63, 3.8) is 0 Å². The summed E-state index contributed by atoms with van der Waals surface area (Å²) in [6.45, 7) is 3.42. The Morgan fingerprint density at radius 2 is 2.05 bits per heavy atom. The monoisotopic (exact) mass is 269 g/mol. The molecule has 0 spiro atoms. The van der Waals surface area contributed by atoms with Crippen LogP contribution in [0.15, 0.2) is 6.33 Å². The quantitative estimate of drug-likeness (QED) is 0.534. The van der Waals surface area contributed by atoms with Gasteiger partial charge >= 0.3 is 0 Å². The summed E-state index contributed by atoms with van der Waals surface area (Å²) in [7, 11) is 1.55. The van der Waals surface area contributed by atoms with Gasteiger partial charge in [0.25, 0.3) is 0 Å². The van der Waals surface area contributed by atoms with Crippen molar-refractivity contribution in [1.82, 2.24) is 9.97 Å². The Hall–Kier alpha value is -2.09. The highest BCUT2D eigenvalue weighted by molar-refractivity contribution is 5.75. The summed E-state index contributed by atoms with van der Waals surface area (Å²) in [6, 6.07) is 0. The highest BCUT2D eigenvalue weighted by Crippen LogP contribution is 2.28. The number of aromatic nitrogens is 2. The first-order valence-corrected chi connectivity index (χ1v) is 5.91. The maximum absolute atomic E-state index is 10.5. The van der Waals surface area contributed by atoms with Gasteiger partial charge in [0.15, 0.2) is 11.6 Å². The average molecular weight is 269 g/mol. The number of nitrogens with one attached hydrogen (secondary N) is 2. The number of anilines is 2. The maximum Gasteiger partial charge on any atom is 0.243 e. The largest absolute Gasteiger partial charge is 0.490 e. The minimum Gasteiger partial charge on any atom is -0.490 e. The van der Waals surface area contributed by atoms with Gasteiger partial charge in [-0.1, -0.05) is 0 Å². The number of nitrogens with two attached hydrogens (primary N) is 1. The number of hydrogen-bond acceptors (Lipinski definition) is 7. The van der Waals surface area contributed by atoms with Crippen LogP contribution in [0.2, 0.25) is 0 Å². The van der Waals surface area contributed by atoms with E-state index in [-0.39, 0.29) is 6.61 Å². The number of carbonyl (C=O) groups excluding carboxylic acids is 1. The Labute approximate surface area is 111 Å². The number of hydrogen-bond donors (Lipinski definition) is 3. The maximum atomic E-state index is 10.5. The van der Waals surface area contributed by atoms with Crippen molar-refractivity contribution in [2.45, 2.75) is 6.92 Å². The lowest BCUT2D eigenvalue weighted by Gasteiger charge is -2.13. The SMILES string of the molecule is CCNc1ncnc(NCCOCC(N)=O)c1OC. The summed E-state index contributed by atoms with van der Waals surface area (Å²) in [5.74, 6) is 1.24. The summed E-state index contributed by atoms with van der Waals surface area (Å²) in [6.07, 6.45) is 1.44. The van der Waals surface area contributed by atoms with Crippen LogP contribution in [0.5, 0.6) is 5.75 Å². The van der Waals surface area contributed by atoms with Gasteiger partial charge in [-0.2, -0.15) is 0 Å². The lowest BCUT2D eigenvalue weighted by molar-refractivity contribution is -0.122. The Bertz CT molecular complexity index is 413. The van der Waals surface area contributed by atoms with Crippen LogP contribution in [-0.4, -0.2) is 49.3 Å². The van der Waals surface area contributed by atoms with Crippen molar-refractivity contribution >= 4 is 17.5 Å². The Morgan fingerprint density at radius 3 is 2.63 bits per heavy atom. The number of amides is 1. The second-order valence-electron chi connectivity index (χ2n) is 3.58. The van der Waals surface area contributed by atoms with Crippen molar-refractivity contribution < 1.29 is 14.3 Å². The van der Waals surface area contributed by atoms with Crippen LogP contribution in [0, 0.1) is 0 Å². The molecule has 1 amide bonds. The predicted octanol–water partition coefficient (Wildman–Crippen LogP) is -0.169. The standard InChI is InChI=1S/C11H19N5O3/c1-3-13-10-9(18-2)11(16-7-15-10)14-4-5-19-6-8(12)17/h7H,3-6H2,1-2H3,(H2,12,17)(H2,13,14,15,16). The molecular formula is C11H19N5O3. The van der Waals surface area contributed by atoms with Gasteiger partial charge < -0.3 is 25.8 Å². The molecule has 8 nitrogen and oxygen atoms in total. The zero-order valence-electron chi connectivity index (χ0n) is 11.1. The molecule has 0 saturated carbocycles. The summed E-state index contributed by atoms with van der Waals surface area (Å²) < 4.78 is 10.3. The number of ether oxygens (including phenoxy) is 2. The first kappa shape index (κ1) is 15.0. The lowest BCUT2D eigenvalue weighted by atomic mass is 10.4. The summed E-state index contributed by atoms with van der Waals surface area (Å²) in [5, 5.41) is 6.12. The third kappa shape index (κ3) is 4.96. The molecule has 1 rings (SSSR count). The number of methoxy groups -OCH3 is 1. The second-order valence-corrected chi connectivity index (χ2v) is 3.58. The van der Waals surface area contributed by atoms with E-state index in [1.807, 2.05) is 6.92 Å². The van der Waals surface area contributed by atoms with Gasteiger partial charge in [0.1, 0.15) is 12.9 Å². The van der Waals surface area contributed by atoms with Crippen molar-refractivity contribution in [3.05, 3.63) is 6.33 Å². The first-order valence-electron chi connectivity index (χ1n) is 5.91. The molecule has 1 aromatic heterocycles. The van der Waals surface area contributed by atoms with E-state index < -0.39 is 5.91 Å². The molecule has 0 atom stereocenters.